The number of unbranched alkanes of at least 4 members (excludes halogenated alkanes) is 3. The Balaban J connectivity index is 1.56. The molecule has 0 spiro atoms. The SMILES string of the molecule is CCCCCCOc1ccc(OC(=O)c2ccc(-c3ccc(F)cc3F)cc2)cc1. The molecule has 0 N–H and O–H groups in total. The smallest absolute Gasteiger partial charge is 0.343 e. The van der Waals surface area contributed by atoms with Gasteiger partial charge in [0.15, 0.2) is 0 Å². The van der Waals surface area contributed by atoms with Crippen molar-refractivity contribution in [3.63, 3.8) is 0 Å². The highest BCUT2D eigenvalue weighted by Crippen LogP contribution is 2.24. The Labute approximate surface area is 175 Å². The Morgan fingerprint density at radius 1 is 0.833 bits per heavy atom. The van der Waals surface area contributed by atoms with Gasteiger partial charge in [-0.25, -0.2) is 13.6 Å². The van der Waals surface area contributed by atoms with Gasteiger partial charge in [0, 0.05) is 11.6 Å². The third-order valence-electron chi connectivity index (χ3n) is 4.66. The predicted octanol–water partition coefficient (Wildman–Crippen LogP) is 6.81. The molecule has 3 aromatic rings. The van der Waals surface area contributed by atoms with Gasteiger partial charge in [-0.2, -0.15) is 0 Å². The van der Waals surface area contributed by atoms with Gasteiger partial charge in [-0.1, -0.05) is 38.3 Å². The number of rotatable bonds is 9. The molecule has 0 saturated carbocycles. The standard InChI is InChI=1S/C25H24F2O3/c1-2-3-4-5-16-29-21-11-13-22(14-12-21)30-25(28)19-8-6-18(7-9-19)23-15-10-20(26)17-24(23)27/h6-15,17H,2-5,16H2,1H3. The van der Waals surface area contributed by atoms with Gasteiger partial charge in [-0.3, -0.25) is 0 Å². The zero-order valence-electron chi connectivity index (χ0n) is 16.9. The van der Waals surface area contributed by atoms with Gasteiger partial charge in [-0.05, 0) is 60.5 Å². The number of hydrogen-bond acceptors (Lipinski definition) is 3. The first-order chi connectivity index (χ1) is 14.6. The summed E-state index contributed by atoms with van der Waals surface area (Å²) in [5.74, 6) is -0.666. The summed E-state index contributed by atoms with van der Waals surface area (Å²) < 4.78 is 38.0. The van der Waals surface area contributed by atoms with E-state index in [9.17, 15) is 13.6 Å². The second-order valence-electron chi connectivity index (χ2n) is 6.97. The fourth-order valence-electron chi connectivity index (χ4n) is 3.00. The Morgan fingerprint density at radius 2 is 1.53 bits per heavy atom. The molecular weight excluding hydrogens is 386 g/mol. The van der Waals surface area contributed by atoms with Crippen molar-refractivity contribution in [2.75, 3.05) is 6.61 Å². The first-order valence-corrected chi connectivity index (χ1v) is 10.1. The third-order valence-corrected chi connectivity index (χ3v) is 4.66. The largest absolute Gasteiger partial charge is 0.494 e. The van der Waals surface area contributed by atoms with Gasteiger partial charge in [0.1, 0.15) is 23.1 Å². The Morgan fingerprint density at radius 3 is 2.20 bits per heavy atom. The first kappa shape index (κ1) is 21.5. The second kappa shape index (κ2) is 10.5. The molecule has 0 fully saturated rings. The maximum absolute atomic E-state index is 13.9. The van der Waals surface area contributed by atoms with E-state index in [2.05, 4.69) is 6.92 Å². The van der Waals surface area contributed by atoms with E-state index >= 15 is 0 Å². The Kier molecular flexibility index (Phi) is 7.55. The van der Waals surface area contributed by atoms with Crippen LogP contribution in [-0.2, 0) is 0 Å². The van der Waals surface area contributed by atoms with E-state index in [1.54, 1.807) is 48.5 Å². The average Bonchev–Trinajstić information content (AvgIpc) is 2.75. The van der Waals surface area contributed by atoms with Crippen LogP contribution in [0.25, 0.3) is 11.1 Å². The lowest BCUT2D eigenvalue weighted by Crippen LogP contribution is -2.08. The van der Waals surface area contributed by atoms with Gasteiger partial charge < -0.3 is 9.47 Å². The Hall–Kier alpha value is -3.21. The predicted molar refractivity (Wildman–Crippen MR) is 113 cm³/mol. The molecule has 3 aromatic carbocycles. The summed E-state index contributed by atoms with van der Waals surface area (Å²) in [6.45, 7) is 2.83. The van der Waals surface area contributed by atoms with Crippen LogP contribution in [-0.4, -0.2) is 12.6 Å². The van der Waals surface area contributed by atoms with Crippen molar-refractivity contribution in [3.05, 3.63) is 83.9 Å². The van der Waals surface area contributed by atoms with Crippen LogP contribution in [0.2, 0.25) is 0 Å². The molecule has 0 aliphatic heterocycles. The lowest BCUT2D eigenvalue weighted by atomic mass is 10.0. The van der Waals surface area contributed by atoms with Crippen LogP contribution in [0.5, 0.6) is 11.5 Å². The van der Waals surface area contributed by atoms with E-state index in [0.29, 0.717) is 23.5 Å². The van der Waals surface area contributed by atoms with E-state index in [4.69, 9.17) is 9.47 Å². The normalized spacial score (nSPS) is 10.6. The molecule has 5 heteroatoms. The Bertz CT molecular complexity index is 967. The van der Waals surface area contributed by atoms with E-state index in [0.717, 1.165) is 24.7 Å². The van der Waals surface area contributed by atoms with Crippen LogP contribution in [0.4, 0.5) is 8.78 Å². The number of carbonyl (C=O) groups is 1. The summed E-state index contributed by atoms with van der Waals surface area (Å²) in [6, 6.07) is 16.6. The molecule has 0 bridgehead atoms. The summed E-state index contributed by atoms with van der Waals surface area (Å²) in [7, 11) is 0. The van der Waals surface area contributed by atoms with Crippen LogP contribution < -0.4 is 9.47 Å². The molecule has 0 radical (unpaired) electrons. The molecule has 0 amide bonds. The summed E-state index contributed by atoms with van der Waals surface area (Å²) >= 11 is 0. The molecular formula is C25H24F2O3. The highest BCUT2D eigenvalue weighted by atomic mass is 19.1. The zero-order valence-corrected chi connectivity index (χ0v) is 16.9. The van der Waals surface area contributed by atoms with E-state index in [1.165, 1.54) is 25.0 Å². The highest BCUT2D eigenvalue weighted by Gasteiger charge is 2.11. The molecule has 0 aliphatic rings. The summed E-state index contributed by atoms with van der Waals surface area (Å²) in [6.07, 6.45) is 4.56. The molecule has 0 heterocycles. The van der Waals surface area contributed by atoms with Crippen molar-refractivity contribution in [1.29, 1.82) is 0 Å². The second-order valence-corrected chi connectivity index (χ2v) is 6.97. The van der Waals surface area contributed by atoms with E-state index < -0.39 is 17.6 Å². The maximum Gasteiger partial charge on any atom is 0.343 e. The fourth-order valence-corrected chi connectivity index (χ4v) is 3.00. The minimum atomic E-state index is -0.655. The molecule has 30 heavy (non-hydrogen) atoms. The van der Waals surface area contributed by atoms with Gasteiger partial charge in [0.25, 0.3) is 0 Å². The van der Waals surface area contributed by atoms with Crippen molar-refractivity contribution in [1.82, 2.24) is 0 Å². The summed E-state index contributed by atoms with van der Waals surface area (Å²) in [5, 5.41) is 0. The summed E-state index contributed by atoms with van der Waals surface area (Å²) in [5.41, 5.74) is 1.14. The molecule has 3 rings (SSSR count). The minimum Gasteiger partial charge on any atom is -0.494 e. The lowest BCUT2D eigenvalue weighted by Gasteiger charge is -2.08. The van der Waals surface area contributed by atoms with Crippen LogP contribution >= 0.6 is 0 Å². The van der Waals surface area contributed by atoms with E-state index in [1.807, 2.05) is 0 Å². The van der Waals surface area contributed by atoms with Crippen molar-refractivity contribution in [2.45, 2.75) is 32.6 Å². The van der Waals surface area contributed by atoms with Gasteiger partial charge >= 0.3 is 5.97 Å². The molecule has 3 nitrogen and oxygen atoms in total. The van der Waals surface area contributed by atoms with Crippen molar-refractivity contribution in [2.24, 2.45) is 0 Å². The van der Waals surface area contributed by atoms with Crippen LogP contribution in [0.1, 0.15) is 43.0 Å². The van der Waals surface area contributed by atoms with Gasteiger partial charge in [0.2, 0.25) is 0 Å². The van der Waals surface area contributed by atoms with Gasteiger partial charge in [-0.15, -0.1) is 0 Å². The van der Waals surface area contributed by atoms with Crippen LogP contribution in [0.15, 0.2) is 66.7 Å². The lowest BCUT2D eigenvalue weighted by molar-refractivity contribution is 0.0734. The van der Waals surface area contributed by atoms with Gasteiger partial charge in [0.05, 0.1) is 12.2 Å². The molecule has 0 aliphatic carbocycles. The average molecular weight is 410 g/mol. The monoisotopic (exact) mass is 410 g/mol. The summed E-state index contributed by atoms with van der Waals surface area (Å²) in [4.78, 5) is 12.4. The minimum absolute atomic E-state index is 0.265. The number of ether oxygens (including phenoxy) is 2. The highest BCUT2D eigenvalue weighted by molar-refractivity contribution is 5.91. The number of halogens is 2. The van der Waals surface area contributed by atoms with Crippen molar-refractivity contribution < 1.29 is 23.0 Å². The van der Waals surface area contributed by atoms with Crippen LogP contribution in [0.3, 0.4) is 0 Å². The number of hydrogen-bond donors (Lipinski definition) is 0. The number of benzene rings is 3. The fraction of sp³-hybridized carbons (Fsp3) is 0.240. The molecule has 0 saturated heterocycles. The quantitative estimate of drug-likeness (QED) is 0.221. The van der Waals surface area contributed by atoms with Crippen molar-refractivity contribution in [3.8, 4) is 22.6 Å². The molecule has 0 atom stereocenters. The third kappa shape index (κ3) is 5.89. The first-order valence-electron chi connectivity index (χ1n) is 10.1. The maximum atomic E-state index is 13.9. The molecule has 0 unspecified atom stereocenters. The molecule has 0 aromatic heterocycles. The zero-order chi connectivity index (χ0) is 21.3. The van der Waals surface area contributed by atoms with Crippen molar-refractivity contribution >= 4 is 5.97 Å². The van der Waals surface area contributed by atoms with E-state index in [-0.39, 0.29) is 5.56 Å². The number of carbonyl (C=O) groups excluding carboxylic acids is 1. The number of esters is 1. The molecule has 156 valence electrons. The van der Waals surface area contributed by atoms with Crippen LogP contribution in [0, 0.1) is 11.6 Å². The topological polar surface area (TPSA) is 35.5 Å².